The van der Waals surface area contributed by atoms with E-state index in [1.54, 1.807) is 6.08 Å². The van der Waals surface area contributed by atoms with E-state index >= 15 is 0 Å². The maximum atomic E-state index is 9.57. The Kier molecular flexibility index (Phi) is 3.36. The molecule has 1 aromatic heterocycles. The van der Waals surface area contributed by atoms with Crippen molar-refractivity contribution in [3.63, 3.8) is 0 Å². The van der Waals surface area contributed by atoms with Crippen LogP contribution in [0.15, 0.2) is 24.3 Å². The Morgan fingerprint density at radius 1 is 1.53 bits per heavy atom. The molecule has 1 unspecified atom stereocenters. The second-order valence-corrected chi connectivity index (χ2v) is 4.86. The lowest BCUT2D eigenvalue weighted by molar-refractivity contribution is -0.0581. The number of hydrogen-bond acceptors (Lipinski definition) is 3. The number of aliphatic hydroxyl groups is 1. The van der Waals surface area contributed by atoms with Gasteiger partial charge >= 0.3 is 0 Å². The van der Waals surface area contributed by atoms with E-state index in [9.17, 15) is 5.11 Å². The molecular weight excluding hydrogens is 240 g/mol. The van der Waals surface area contributed by atoms with Gasteiger partial charge in [0.05, 0.1) is 11.2 Å². The molecule has 19 heavy (non-hydrogen) atoms. The molecule has 0 amide bonds. The minimum atomic E-state index is -0.864. The van der Waals surface area contributed by atoms with Crippen LogP contribution in [-0.4, -0.2) is 28.2 Å². The first-order chi connectivity index (χ1) is 9.29. The van der Waals surface area contributed by atoms with Crippen LogP contribution in [0.25, 0.3) is 17.0 Å². The van der Waals surface area contributed by atoms with E-state index in [1.165, 1.54) is 23.8 Å². The van der Waals surface area contributed by atoms with Crippen molar-refractivity contribution in [3.8, 4) is 0 Å². The van der Waals surface area contributed by atoms with E-state index < -0.39 is 6.29 Å². The van der Waals surface area contributed by atoms with Gasteiger partial charge in [-0.3, -0.25) is 5.10 Å². The van der Waals surface area contributed by atoms with E-state index in [1.807, 2.05) is 19.1 Å². The van der Waals surface area contributed by atoms with E-state index in [0.717, 1.165) is 11.2 Å². The molecule has 0 saturated heterocycles. The van der Waals surface area contributed by atoms with Crippen LogP contribution in [0.3, 0.4) is 0 Å². The summed E-state index contributed by atoms with van der Waals surface area (Å²) in [6, 6.07) is 6.24. The molecular formula is C15H18N2O2. The van der Waals surface area contributed by atoms with Gasteiger partial charge in [0.2, 0.25) is 0 Å². The lowest BCUT2D eigenvalue weighted by atomic mass is 10.0. The number of ether oxygens (including phenoxy) is 1. The topological polar surface area (TPSA) is 58.1 Å². The number of H-pyrrole nitrogens is 1. The summed E-state index contributed by atoms with van der Waals surface area (Å²) in [5.74, 6) is 0.672. The largest absolute Gasteiger partial charge is 0.365 e. The number of nitrogens with zero attached hydrogens (tertiary/aromatic N) is 1. The zero-order valence-corrected chi connectivity index (χ0v) is 11.0. The molecule has 0 spiro atoms. The molecule has 1 fully saturated rings. The van der Waals surface area contributed by atoms with Crippen LogP contribution in [0.4, 0.5) is 0 Å². The molecule has 100 valence electrons. The summed E-state index contributed by atoms with van der Waals surface area (Å²) in [5.41, 5.74) is 3.28. The maximum Gasteiger partial charge on any atom is 0.174 e. The van der Waals surface area contributed by atoms with E-state index in [0.29, 0.717) is 12.5 Å². The molecule has 1 atom stereocenters. The van der Waals surface area contributed by atoms with Crippen molar-refractivity contribution in [3.05, 3.63) is 35.5 Å². The van der Waals surface area contributed by atoms with Crippen LogP contribution in [0, 0.1) is 0 Å². The van der Waals surface area contributed by atoms with E-state index in [4.69, 9.17) is 4.74 Å². The molecule has 1 aromatic carbocycles. The average molecular weight is 258 g/mol. The van der Waals surface area contributed by atoms with Gasteiger partial charge in [-0.15, -0.1) is 0 Å². The molecule has 0 radical (unpaired) electrons. The maximum absolute atomic E-state index is 9.57. The van der Waals surface area contributed by atoms with Gasteiger partial charge in [-0.1, -0.05) is 12.1 Å². The highest BCUT2D eigenvalue weighted by Crippen LogP contribution is 2.43. The average Bonchev–Trinajstić information content (AvgIpc) is 3.17. The van der Waals surface area contributed by atoms with Gasteiger partial charge in [0.25, 0.3) is 0 Å². The molecule has 4 heteroatoms. The van der Waals surface area contributed by atoms with Gasteiger partial charge in [-0.05, 0) is 49.5 Å². The molecule has 3 rings (SSSR count). The number of aromatic amines is 1. The van der Waals surface area contributed by atoms with Gasteiger partial charge in [0.15, 0.2) is 6.29 Å². The Hall–Kier alpha value is -1.65. The SMILES string of the molecule is CCOC(O)/C=C/c1[nH]nc2cccc(C3CC3)c12. The molecule has 1 aliphatic carbocycles. The fourth-order valence-electron chi connectivity index (χ4n) is 2.38. The van der Waals surface area contributed by atoms with Gasteiger partial charge in [0.1, 0.15) is 0 Å². The van der Waals surface area contributed by atoms with Gasteiger partial charge in [-0.25, -0.2) is 0 Å². The Morgan fingerprint density at radius 2 is 2.37 bits per heavy atom. The smallest absolute Gasteiger partial charge is 0.174 e. The zero-order valence-electron chi connectivity index (χ0n) is 11.0. The quantitative estimate of drug-likeness (QED) is 0.811. The Balaban J connectivity index is 1.95. The summed E-state index contributed by atoms with van der Waals surface area (Å²) < 4.78 is 5.08. The number of fused-ring (bicyclic) bond motifs is 1. The molecule has 1 saturated carbocycles. The highest BCUT2D eigenvalue weighted by molar-refractivity contribution is 5.90. The molecule has 1 heterocycles. The predicted molar refractivity (Wildman–Crippen MR) is 74.7 cm³/mol. The number of nitrogens with one attached hydrogen (secondary N) is 1. The molecule has 0 bridgehead atoms. The number of rotatable bonds is 5. The molecule has 2 aromatic rings. The number of benzene rings is 1. The minimum absolute atomic E-state index is 0.489. The summed E-state index contributed by atoms with van der Waals surface area (Å²) in [4.78, 5) is 0. The van der Waals surface area contributed by atoms with Gasteiger partial charge in [0, 0.05) is 12.0 Å². The fraction of sp³-hybridized carbons (Fsp3) is 0.400. The summed E-state index contributed by atoms with van der Waals surface area (Å²) in [6.45, 7) is 2.34. The normalized spacial score (nSPS) is 17.4. The Bertz CT molecular complexity index is 599. The highest BCUT2D eigenvalue weighted by atomic mass is 16.6. The van der Waals surface area contributed by atoms with Crippen molar-refractivity contribution < 1.29 is 9.84 Å². The Morgan fingerprint density at radius 3 is 3.11 bits per heavy atom. The zero-order chi connectivity index (χ0) is 13.2. The summed E-state index contributed by atoms with van der Waals surface area (Å²) in [5, 5.41) is 18.1. The first-order valence-corrected chi connectivity index (χ1v) is 6.74. The fourth-order valence-corrected chi connectivity index (χ4v) is 2.38. The van der Waals surface area contributed by atoms with Crippen molar-refractivity contribution in [1.29, 1.82) is 0 Å². The molecule has 4 nitrogen and oxygen atoms in total. The standard InChI is InChI=1S/C15H18N2O2/c1-2-19-14(18)9-8-13-15-11(10-6-7-10)4-3-5-12(15)16-17-13/h3-5,8-10,14,18H,2,6-7H2,1H3,(H,16,17)/b9-8+. The predicted octanol–water partition coefficient (Wildman–Crippen LogP) is 2.81. The summed E-state index contributed by atoms with van der Waals surface area (Å²) in [6.07, 6.45) is 5.14. The second kappa shape index (κ2) is 5.15. The van der Waals surface area contributed by atoms with Crippen molar-refractivity contribution in [2.45, 2.75) is 32.0 Å². The first-order valence-electron chi connectivity index (χ1n) is 6.74. The van der Waals surface area contributed by atoms with E-state index in [-0.39, 0.29) is 0 Å². The van der Waals surface area contributed by atoms with Gasteiger partial charge < -0.3 is 9.84 Å². The number of aliphatic hydroxyl groups excluding tert-OH is 1. The third kappa shape index (κ3) is 2.55. The Labute approximate surface area is 112 Å². The highest BCUT2D eigenvalue weighted by Gasteiger charge is 2.26. The monoisotopic (exact) mass is 258 g/mol. The van der Waals surface area contributed by atoms with E-state index in [2.05, 4.69) is 22.3 Å². The molecule has 0 aliphatic heterocycles. The molecule has 2 N–H and O–H groups in total. The van der Waals surface area contributed by atoms with Crippen LogP contribution in [0.2, 0.25) is 0 Å². The van der Waals surface area contributed by atoms with Crippen molar-refractivity contribution >= 4 is 17.0 Å². The van der Waals surface area contributed by atoms with Crippen LogP contribution < -0.4 is 0 Å². The van der Waals surface area contributed by atoms with Crippen LogP contribution in [0.5, 0.6) is 0 Å². The minimum Gasteiger partial charge on any atom is -0.365 e. The van der Waals surface area contributed by atoms with Crippen LogP contribution in [-0.2, 0) is 4.74 Å². The van der Waals surface area contributed by atoms with Crippen molar-refractivity contribution in [2.24, 2.45) is 0 Å². The number of hydrogen-bond donors (Lipinski definition) is 2. The van der Waals surface area contributed by atoms with Crippen LogP contribution in [0.1, 0.15) is 36.9 Å². The lowest BCUT2D eigenvalue weighted by Crippen LogP contribution is -2.07. The number of aromatic nitrogens is 2. The van der Waals surface area contributed by atoms with Gasteiger partial charge in [-0.2, -0.15) is 5.10 Å². The van der Waals surface area contributed by atoms with Crippen molar-refractivity contribution in [1.82, 2.24) is 10.2 Å². The third-order valence-electron chi connectivity index (χ3n) is 3.42. The first kappa shape index (κ1) is 12.4. The molecule has 1 aliphatic rings. The van der Waals surface area contributed by atoms with Crippen molar-refractivity contribution in [2.75, 3.05) is 6.61 Å². The summed E-state index contributed by atoms with van der Waals surface area (Å²) in [7, 11) is 0. The van der Waals surface area contributed by atoms with Crippen LogP contribution >= 0.6 is 0 Å². The second-order valence-electron chi connectivity index (χ2n) is 4.86. The lowest BCUT2D eigenvalue weighted by Gasteiger charge is -2.04. The summed E-state index contributed by atoms with van der Waals surface area (Å²) >= 11 is 0. The third-order valence-corrected chi connectivity index (χ3v) is 3.42.